The Bertz CT molecular complexity index is 725. The van der Waals surface area contributed by atoms with Crippen LogP contribution in [0.1, 0.15) is 18.5 Å². The predicted molar refractivity (Wildman–Crippen MR) is 79.8 cm³/mol. The van der Waals surface area contributed by atoms with Crippen molar-refractivity contribution < 1.29 is 4.39 Å². The van der Waals surface area contributed by atoms with Gasteiger partial charge in [-0.25, -0.2) is 14.1 Å². The molecule has 4 nitrogen and oxygen atoms in total. The van der Waals surface area contributed by atoms with Gasteiger partial charge in [0.1, 0.15) is 18.5 Å². The molecule has 0 fully saturated rings. The van der Waals surface area contributed by atoms with Gasteiger partial charge in [0.2, 0.25) is 0 Å². The van der Waals surface area contributed by atoms with Gasteiger partial charge in [-0.3, -0.25) is 0 Å². The summed E-state index contributed by atoms with van der Waals surface area (Å²) in [5.41, 5.74) is 2.71. The van der Waals surface area contributed by atoms with Gasteiger partial charge < -0.3 is 5.32 Å². The van der Waals surface area contributed by atoms with Gasteiger partial charge >= 0.3 is 0 Å². The molecule has 0 aliphatic rings. The van der Waals surface area contributed by atoms with E-state index in [4.69, 9.17) is 0 Å². The summed E-state index contributed by atoms with van der Waals surface area (Å²) in [6.07, 6.45) is 3.14. The predicted octanol–water partition coefficient (Wildman–Crippen LogP) is 3.58. The van der Waals surface area contributed by atoms with Gasteiger partial charge in [-0.2, -0.15) is 5.10 Å². The Balaban J connectivity index is 1.88. The molecule has 0 aliphatic carbocycles. The van der Waals surface area contributed by atoms with Crippen LogP contribution in [0.3, 0.4) is 0 Å². The maximum absolute atomic E-state index is 13.3. The summed E-state index contributed by atoms with van der Waals surface area (Å²) in [5, 5.41) is 7.53. The fourth-order valence-electron chi connectivity index (χ4n) is 2.22. The van der Waals surface area contributed by atoms with Crippen LogP contribution < -0.4 is 5.32 Å². The summed E-state index contributed by atoms with van der Waals surface area (Å²) in [4.78, 5) is 3.96. The highest BCUT2D eigenvalue weighted by Crippen LogP contribution is 2.24. The van der Waals surface area contributed by atoms with Crippen molar-refractivity contribution in [2.24, 2.45) is 0 Å². The minimum absolute atomic E-state index is 0.0228. The highest BCUT2D eigenvalue weighted by molar-refractivity contribution is 5.61. The first-order valence-corrected chi connectivity index (χ1v) is 6.70. The molecular formula is C16H15FN4. The summed E-state index contributed by atoms with van der Waals surface area (Å²) in [5.74, 6) is -0.231. The molecule has 1 aromatic heterocycles. The Kier molecular flexibility index (Phi) is 3.64. The van der Waals surface area contributed by atoms with Crippen LogP contribution in [0.5, 0.6) is 0 Å². The summed E-state index contributed by atoms with van der Waals surface area (Å²) in [6, 6.07) is 14.4. The number of halogens is 1. The number of rotatable bonds is 4. The van der Waals surface area contributed by atoms with Gasteiger partial charge in [0, 0.05) is 6.04 Å². The van der Waals surface area contributed by atoms with Gasteiger partial charge in [-0.15, -0.1) is 0 Å². The lowest BCUT2D eigenvalue weighted by molar-refractivity contribution is 0.623. The normalized spacial score (nSPS) is 12.1. The molecule has 21 heavy (non-hydrogen) atoms. The van der Waals surface area contributed by atoms with Crippen LogP contribution in [0.2, 0.25) is 0 Å². The van der Waals surface area contributed by atoms with Crippen molar-refractivity contribution in [2.75, 3.05) is 5.32 Å². The smallest absolute Gasteiger partial charge is 0.138 e. The summed E-state index contributed by atoms with van der Waals surface area (Å²) < 4.78 is 15.0. The fourth-order valence-corrected chi connectivity index (χ4v) is 2.22. The molecule has 1 N–H and O–H groups in total. The van der Waals surface area contributed by atoms with E-state index < -0.39 is 0 Å². The molecule has 1 atom stereocenters. The highest BCUT2D eigenvalue weighted by atomic mass is 19.1. The lowest BCUT2D eigenvalue weighted by Gasteiger charge is -2.18. The van der Waals surface area contributed by atoms with Crippen LogP contribution in [0.25, 0.3) is 5.69 Å². The van der Waals surface area contributed by atoms with E-state index >= 15 is 0 Å². The standard InChI is InChI=1S/C16H15FN4/c1-12(13-5-4-6-14(17)9-13)20-15-7-2-3-8-16(15)21-11-18-10-19-21/h2-12,20H,1H3. The summed E-state index contributed by atoms with van der Waals surface area (Å²) >= 11 is 0. The highest BCUT2D eigenvalue weighted by Gasteiger charge is 2.10. The molecule has 0 saturated carbocycles. The molecule has 3 aromatic rings. The fraction of sp³-hybridized carbons (Fsp3) is 0.125. The molecule has 0 bridgehead atoms. The van der Waals surface area contributed by atoms with Crippen molar-refractivity contribution >= 4 is 5.69 Å². The maximum Gasteiger partial charge on any atom is 0.138 e. The van der Waals surface area contributed by atoms with Crippen molar-refractivity contribution in [1.29, 1.82) is 0 Å². The van der Waals surface area contributed by atoms with Gasteiger partial charge in [-0.1, -0.05) is 24.3 Å². The van der Waals surface area contributed by atoms with Crippen LogP contribution in [-0.4, -0.2) is 14.8 Å². The Labute approximate surface area is 122 Å². The first-order chi connectivity index (χ1) is 10.2. The monoisotopic (exact) mass is 282 g/mol. The minimum Gasteiger partial charge on any atom is -0.377 e. The van der Waals surface area contributed by atoms with Gasteiger partial charge in [0.05, 0.1) is 11.4 Å². The van der Waals surface area contributed by atoms with Crippen LogP contribution in [-0.2, 0) is 0 Å². The van der Waals surface area contributed by atoms with Gasteiger partial charge in [0.15, 0.2) is 0 Å². The molecule has 1 heterocycles. The second kappa shape index (κ2) is 5.75. The lowest BCUT2D eigenvalue weighted by Crippen LogP contribution is -2.09. The van der Waals surface area contributed by atoms with E-state index in [0.717, 1.165) is 16.9 Å². The zero-order valence-corrected chi connectivity index (χ0v) is 11.6. The molecule has 0 saturated heterocycles. The number of hydrogen-bond acceptors (Lipinski definition) is 3. The van der Waals surface area contributed by atoms with E-state index in [-0.39, 0.29) is 11.9 Å². The number of nitrogens with zero attached hydrogens (tertiary/aromatic N) is 3. The number of aromatic nitrogens is 3. The molecular weight excluding hydrogens is 267 g/mol. The Morgan fingerprint density at radius 3 is 2.76 bits per heavy atom. The van der Waals surface area contributed by atoms with E-state index in [2.05, 4.69) is 15.4 Å². The number of para-hydroxylation sites is 2. The minimum atomic E-state index is -0.231. The third-order valence-corrected chi connectivity index (χ3v) is 3.29. The lowest BCUT2D eigenvalue weighted by atomic mass is 10.1. The summed E-state index contributed by atoms with van der Waals surface area (Å²) in [6.45, 7) is 1.99. The largest absolute Gasteiger partial charge is 0.377 e. The van der Waals surface area contributed by atoms with Crippen LogP contribution in [0.15, 0.2) is 61.2 Å². The number of nitrogens with one attached hydrogen (secondary N) is 1. The van der Waals surface area contributed by atoms with Gasteiger partial charge in [-0.05, 0) is 36.8 Å². The maximum atomic E-state index is 13.3. The molecule has 2 aromatic carbocycles. The Hall–Kier alpha value is -2.69. The first-order valence-electron chi connectivity index (χ1n) is 6.70. The van der Waals surface area contributed by atoms with Crippen LogP contribution in [0.4, 0.5) is 10.1 Å². The SMILES string of the molecule is CC(Nc1ccccc1-n1cncn1)c1cccc(F)c1. The Morgan fingerprint density at radius 2 is 2.00 bits per heavy atom. The second-order valence-corrected chi connectivity index (χ2v) is 4.78. The number of benzene rings is 2. The van der Waals surface area contributed by atoms with Crippen molar-refractivity contribution in [1.82, 2.24) is 14.8 Å². The van der Waals surface area contributed by atoms with E-state index in [1.807, 2.05) is 37.3 Å². The zero-order chi connectivity index (χ0) is 14.7. The quantitative estimate of drug-likeness (QED) is 0.795. The molecule has 0 spiro atoms. The topological polar surface area (TPSA) is 42.7 Å². The molecule has 1 unspecified atom stereocenters. The van der Waals surface area contributed by atoms with E-state index in [1.54, 1.807) is 17.1 Å². The summed E-state index contributed by atoms with van der Waals surface area (Å²) in [7, 11) is 0. The molecule has 0 radical (unpaired) electrons. The molecule has 106 valence electrons. The van der Waals surface area contributed by atoms with Crippen molar-refractivity contribution in [3.8, 4) is 5.69 Å². The van der Waals surface area contributed by atoms with E-state index in [1.165, 1.54) is 18.5 Å². The molecule has 3 rings (SSSR count). The van der Waals surface area contributed by atoms with Crippen molar-refractivity contribution in [3.05, 3.63) is 72.6 Å². The van der Waals surface area contributed by atoms with Crippen molar-refractivity contribution in [3.63, 3.8) is 0 Å². The number of anilines is 1. The third kappa shape index (κ3) is 2.91. The molecule has 0 amide bonds. The van der Waals surface area contributed by atoms with Crippen LogP contribution in [0, 0.1) is 5.82 Å². The Morgan fingerprint density at radius 1 is 1.14 bits per heavy atom. The van der Waals surface area contributed by atoms with Gasteiger partial charge in [0.25, 0.3) is 0 Å². The second-order valence-electron chi connectivity index (χ2n) is 4.78. The molecule has 5 heteroatoms. The van der Waals surface area contributed by atoms with Crippen molar-refractivity contribution in [2.45, 2.75) is 13.0 Å². The molecule has 0 aliphatic heterocycles. The van der Waals surface area contributed by atoms with E-state index in [0.29, 0.717) is 0 Å². The van der Waals surface area contributed by atoms with Crippen LogP contribution >= 0.6 is 0 Å². The number of hydrogen-bond donors (Lipinski definition) is 1. The zero-order valence-electron chi connectivity index (χ0n) is 11.6. The average molecular weight is 282 g/mol. The third-order valence-electron chi connectivity index (χ3n) is 3.29. The first kappa shape index (κ1) is 13.3. The van der Waals surface area contributed by atoms with E-state index in [9.17, 15) is 4.39 Å². The average Bonchev–Trinajstić information content (AvgIpc) is 3.02.